The Hall–Kier alpha value is -3.07. The third-order valence-electron chi connectivity index (χ3n) is 5.88. The summed E-state index contributed by atoms with van der Waals surface area (Å²) in [5.41, 5.74) is 1.16. The van der Waals surface area contributed by atoms with E-state index in [4.69, 9.17) is 4.74 Å². The van der Waals surface area contributed by atoms with Crippen LogP contribution in [0.3, 0.4) is 0 Å². The van der Waals surface area contributed by atoms with Crippen LogP contribution in [0.2, 0.25) is 0 Å². The SMILES string of the molecule is CC[C@@H](C(=O)NC(C)(C)C)N(CCc1ccccc1)C(=O)CCCN(c1ccc(OC)cc1)S(C)(=O)=O. The summed E-state index contributed by atoms with van der Waals surface area (Å²) < 4.78 is 31.4. The molecule has 0 bridgehead atoms. The maximum atomic E-state index is 13.4. The Kier molecular flexibility index (Phi) is 11.0. The van der Waals surface area contributed by atoms with Gasteiger partial charge in [-0.05, 0) is 69.9 Å². The number of anilines is 1. The van der Waals surface area contributed by atoms with Crippen molar-refractivity contribution in [1.29, 1.82) is 0 Å². The van der Waals surface area contributed by atoms with Crippen molar-refractivity contribution in [3.8, 4) is 5.75 Å². The zero-order chi connectivity index (χ0) is 27.6. The molecular weight excluding hydrogens is 490 g/mol. The van der Waals surface area contributed by atoms with Crippen LogP contribution in [-0.2, 0) is 26.0 Å². The number of amides is 2. The molecule has 1 N–H and O–H groups in total. The second kappa shape index (κ2) is 13.5. The predicted octanol–water partition coefficient (Wildman–Crippen LogP) is 4.01. The van der Waals surface area contributed by atoms with E-state index in [2.05, 4.69) is 5.32 Å². The van der Waals surface area contributed by atoms with Gasteiger partial charge in [0.1, 0.15) is 11.8 Å². The van der Waals surface area contributed by atoms with Crippen LogP contribution in [0, 0.1) is 0 Å². The summed E-state index contributed by atoms with van der Waals surface area (Å²) in [6.07, 6.45) is 2.68. The fraction of sp³-hybridized carbons (Fsp3) is 0.500. The molecule has 0 aromatic heterocycles. The molecule has 1 atom stereocenters. The van der Waals surface area contributed by atoms with E-state index in [1.165, 1.54) is 4.31 Å². The van der Waals surface area contributed by atoms with Gasteiger partial charge in [-0.2, -0.15) is 0 Å². The maximum absolute atomic E-state index is 13.4. The molecule has 2 amide bonds. The smallest absolute Gasteiger partial charge is 0.243 e. The van der Waals surface area contributed by atoms with Gasteiger partial charge in [-0.1, -0.05) is 37.3 Å². The number of sulfonamides is 1. The van der Waals surface area contributed by atoms with Crippen molar-refractivity contribution in [2.75, 3.05) is 30.8 Å². The monoisotopic (exact) mass is 531 g/mol. The lowest BCUT2D eigenvalue weighted by atomic mass is 10.0. The topological polar surface area (TPSA) is 96.0 Å². The molecule has 0 unspecified atom stereocenters. The molecule has 8 nitrogen and oxygen atoms in total. The molecule has 0 heterocycles. The lowest BCUT2D eigenvalue weighted by Gasteiger charge is -2.33. The highest BCUT2D eigenvalue weighted by molar-refractivity contribution is 7.92. The molecule has 0 spiro atoms. The summed E-state index contributed by atoms with van der Waals surface area (Å²) in [5, 5.41) is 3.00. The summed E-state index contributed by atoms with van der Waals surface area (Å²) >= 11 is 0. The number of carbonyl (C=O) groups is 2. The van der Waals surface area contributed by atoms with Crippen LogP contribution in [0.25, 0.3) is 0 Å². The van der Waals surface area contributed by atoms with Crippen molar-refractivity contribution in [2.24, 2.45) is 0 Å². The van der Waals surface area contributed by atoms with Gasteiger partial charge in [0.25, 0.3) is 0 Å². The first kappa shape index (κ1) is 30.2. The van der Waals surface area contributed by atoms with Crippen molar-refractivity contribution in [3.05, 3.63) is 60.2 Å². The molecule has 0 aliphatic rings. The molecule has 2 aromatic carbocycles. The molecule has 204 valence electrons. The average Bonchev–Trinajstić information content (AvgIpc) is 2.83. The number of rotatable bonds is 13. The minimum absolute atomic E-state index is 0.121. The first-order valence-electron chi connectivity index (χ1n) is 12.6. The Balaban J connectivity index is 2.17. The summed E-state index contributed by atoms with van der Waals surface area (Å²) in [7, 11) is -2.01. The van der Waals surface area contributed by atoms with Crippen LogP contribution in [0.5, 0.6) is 5.75 Å². The number of nitrogens with zero attached hydrogens (tertiary/aromatic N) is 2. The lowest BCUT2D eigenvalue weighted by Crippen LogP contribution is -2.54. The van der Waals surface area contributed by atoms with Gasteiger partial charge in [-0.3, -0.25) is 13.9 Å². The van der Waals surface area contributed by atoms with Gasteiger partial charge in [-0.25, -0.2) is 8.42 Å². The highest BCUT2D eigenvalue weighted by Crippen LogP contribution is 2.22. The molecule has 2 rings (SSSR count). The quantitative estimate of drug-likeness (QED) is 0.421. The average molecular weight is 532 g/mol. The van der Waals surface area contributed by atoms with Gasteiger partial charge in [-0.15, -0.1) is 0 Å². The van der Waals surface area contributed by atoms with Crippen molar-refractivity contribution >= 4 is 27.5 Å². The fourth-order valence-electron chi connectivity index (χ4n) is 4.10. The van der Waals surface area contributed by atoms with E-state index in [1.807, 2.05) is 58.0 Å². The minimum Gasteiger partial charge on any atom is -0.497 e. The van der Waals surface area contributed by atoms with Crippen LogP contribution in [0.15, 0.2) is 54.6 Å². The van der Waals surface area contributed by atoms with Gasteiger partial charge in [0, 0.05) is 25.0 Å². The number of carbonyl (C=O) groups excluding carboxylic acids is 2. The Morgan fingerprint density at radius 3 is 2.14 bits per heavy atom. The minimum atomic E-state index is -3.55. The van der Waals surface area contributed by atoms with Gasteiger partial charge >= 0.3 is 0 Å². The second-order valence-corrected chi connectivity index (χ2v) is 12.0. The molecule has 0 aliphatic carbocycles. The zero-order valence-corrected chi connectivity index (χ0v) is 23.7. The number of hydrogen-bond donors (Lipinski definition) is 1. The third kappa shape index (κ3) is 9.72. The molecular formula is C28H41N3O5S. The van der Waals surface area contributed by atoms with E-state index in [1.54, 1.807) is 36.3 Å². The Morgan fingerprint density at radius 2 is 1.62 bits per heavy atom. The first-order valence-corrected chi connectivity index (χ1v) is 14.5. The van der Waals surface area contributed by atoms with Crippen LogP contribution in [0.4, 0.5) is 5.69 Å². The standard InChI is InChI=1S/C28H41N3O5S/c1-7-25(27(33)29-28(2,3)4)30(21-19-22-12-9-8-10-13-22)26(32)14-11-20-31(37(6,34)35)23-15-17-24(36-5)18-16-23/h8-10,12-13,15-18,25H,7,11,14,19-21H2,1-6H3,(H,29,33)/t25-/m0/s1. The van der Waals surface area contributed by atoms with Crippen LogP contribution < -0.4 is 14.4 Å². The first-order chi connectivity index (χ1) is 17.4. The normalized spacial score (nSPS) is 12.5. The Morgan fingerprint density at radius 1 is 1.00 bits per heavy atom. The zero-order valence-electron chi connectivity index (χ0n) is 22.9. The molecule has 0 saturated carbocycles. The fourth-order valence-corrected chi connectivity index (χ4v) is 5.07. The second-order valence-electron chi connectivity index (χ2n) is 10.1. The van der Waals surface area contributed by atoms with Crippen molar-refractivity contribution in [1.82, 2.24) is 10.2 Å². The van der Waals surface area contributed by atoms with Gasteiger partial charge < -0.3 is 15.0 Å². The highest BCUT2D eigenvalue weighted by atomic mass is 32.2. The molecule has 0 radical (unpaired) electrons. The summed E-state index contributed by atoms with van der Waals surface area (Å²) in [4.78, 5) is 28.2. The van der Waals surface area contributed by atoms with Crippen LogP contribution >= 0.6 is 0 Å². The highest BCUT2D eigenvalue weighted by Gasteiger charge is 2.30. The maximum Gasteiger partial charge on any atom is 0.243 e. The van der Waals surface area contributed by atoms with Crippen LogP contribution in [-0.4, -0.2) is 63.2 Å². The Bertz CT molecular complexity index is 1110. The van der Waals surface area contributed by atoms with E-state index < -0.39 is 21.6 Å². The largest absolute Gasteiger partial charge is 0.497 e. The predicted molar refractivity (Wildman–Crippen MR) is 148 cm³/mol. The third-order valence-corrected chi connectivity index (χ3v) is 7.07. The van der Waals surface area contributed by atoms with Crippen molar-refractivity contribution in [2.45, 2.75) is 65.0 Å². The van der Waals surface area contributed by atoms with E-state index in [0.29, 0.717) is 37.2 Å². The van der Waals surface area contributed by atoms with E-state index in [-0.39, 0.29) is 24.8 Å². The van der Waals surface area contributed by atoms with Crippen molar-refractivity contribution in [3.63, 3.8) is 0 Å². The molecule has 0 fully saturated rings. The Labute approximate surface area is 222 Å². The van der Waals surface area contributed by atoms with Crippen molar-refractivity contribution < 1.29 is 22.7 Å². The number of nitrogens with one attached hydrogen (secondary N) is 1. The molecule has 37 heavy (non-hydrogen) atoms. The number of methoxy groups -OCH3 is 1. The number of hydrogen-bond acceptors (Lipinski definition) is 5. The lowest BCUT2D eigenvalue weighted by molar-refractivity contribution is -0.141. The number of benzene rings is 2. The number of ether oxygens (including phenoxy) is 1. The van der Waals surface area contributed by atoms with E-state index in [9.17, 15) is 18.0 Å². The van der Waals surface area contributed by atoms with E-state index in [0.717, 1.165) is 11.8 Å². The van der Waals surface area contributed by atoms with Crippen LogP contribution in [0.1, 0.15) is 52.5 Å². The molecule has 0 saturated heterocycles. The summed E-state index contributed by atoms with van der Waals surface area (Å²) in [5.74, 6) is 0.267. The molecule has 2 aromatic rings. The molecule has 0 aliphatic heterocycles. The van der Waals surface area contributed by atoms with E-state index >= 15 is 0 Å². The van der Waals surface area contributed by atoms with Gasteiger partial charge in [0.05, 0.1) is 19.1 Å². The summed E-state index contributed by atoms with van der Waals surface area (Å²) in [6.45, 7) is 8.17. The summed E-state index contributed by atoms with van der Waals surface area (Å²) in [6, 6.07) is 16.0. The molecule has 9 heteroatoms. The van der Waals surface area contributed by atoms with Gasteiger partial charge in [0.2, 0.25) is 21.8 Å². The van der Waals surface area contributed by atoms with Gasteiger partial charge in [0.15, 0.2) is 0 Å².